The summed E-state index contributed by atoms with van der Waals surface area (Å²) in [6.45, 7) is 2.42. The van der Waals surface area contributed by atoms with Crippen LogP contribution in [0.1, 0.15) is 36.2 Å². The van der Waals surface area contributed by atoms with E-state index in [1.54, 1.807) is 0 Å². The molecule has 6 nitrogen and oxygen atoms in total. The van der Waals surface area contributed by atoms with Crippen molar-refractivity contribution in [3.8, 4) is 0 Å². The Morgan fingerprint density at radius 1 is 1.50 bits per heavy atom. The molecule has 0 saturated heterocycles. The summed E-state index contributed by atoms with van der Waals surface area (Å²) in [5, 5.41) is 15.0. The van der Waals surface area contributed by atoms with Crippen molar-refractivity contribution in [3.05, 3.63) is 11.6 Å². The van der Waals surface area contributed by atoms with Crippen LogP contribution in [0.15, 0.2) is 0 Å². The van der Waals surface area contributed by atoms with E-state index in [-0.39, 0.29) is 24.9 Å². The molecular weight excluding hydrogens is 246 g/mol. The first-order chi connectivity index (χ1) is 8.45. The van der Waals surface area contributed by atoms with Crippen molar-refractivity contribution in [2.45, 2.75) is 26.2 Å². The van der Waals surface area contributed by atoms with Gasteiger partial charge < -0.3 is 10.0 Å². The summed E-state index contributed by atoms with van der Waals surface area (Å²) in [5.41, 5.74) is 0. The summed E-state index contributed by atoms with van der Waals surface area (Å²) >= 11 is 0. The highest BCUT2D eigenvalue weighted by atomic mass is 19.3. The van der Waals surface area contributed by atoms with Gasteiger partial charge in [0.25, 0.3) is 12.3 Å². The zero-order chi connectivity index (χ0) is 13.7. The molecular formula is C10H16F2N4O2. The van der Waals surface area contributed by atoms with Gasteiger partial charge >= 0.3 is 0 Å². The standard InChI is InChI=1S/C10H16F2N4O2/c1-6(2)8-13-9(15-14-8)10(18)16(3-4-17)5-7(11)12/h6-7,17H,3-5H2,1-2H3,(H,13,14,15). The van der Waals surface area contributed by atoms with Crippen molar-refractivity contribution in [1.82, 2.24) is 20.1 Å². The smallest absolute Gasteiger partial charge is 0.293 e. The number of aromatic nitrogens is 3. The molecule has 0 spiro atoms. The van der Waals surface area contributed by atoms with E-state index >= 15 is 0 Å². The minimum Gasteiger partial charge on any atom is -0.395 e. The van der Waals surface area contributed by atoms with Crippen molar-refractivity contribution in [2.75, 3.05) is 19.7 Å². The average Bonchev–Trinajstić information content (AvgIpc) is 2.76. The van der Waals surface area contributed by atoms with Crippen LogP contribution in [0.3, 0.4) is 0 Å². The lowest BCUT2D eigenvalue weighted by Gasteiger charge is -2.19. The average molecular weight is 262 g/mol. The van der Waals surface area contributed by atoms with Crippen LogP contribution in [0.4, 0.5) is 8.78 Å². The molecule has 1 amide bonds. The number of nitrogens with zero attached hydrogens (tertiary/aromatic N) is 3. The number of rotatable bonds is 6. The van der Waals surface area contributed by atoms with E-state index in [1.807, 2.05) is 13.8 Å². The molecule has 1 aromatic heterocycles. The first-order valence-corrected chi connectivity index (χ1v) is 5.56. The van der Waals surface area contributed by atoms with Crippen LogP contribution >= 0.6 is 0 Å². The van der Waals surface area contributed by atoms with Crippen molar-refractivity contribution >= 4 is 5.91 Å². The number of halogens is 2. The van der Waals surface area contributed by atoms with E-state index in [0.29, 0.717) is 5.82 Å². The highest BCUT2D eigenvalue weighted by Gasteiger charge is 2.23. The predicted molar refractivity (Wildman–Crippen MR) is 59.5 cm³/mol. The van der Waals surface area contributed by atoms with Crippen LogP contribution in [-0.2, 0) is 0 Å². The summed E-state index contributed by atoms with van der Waals surface area (Å²) in [6.07, 6.45) is -2.66. The number of aliphatic hydroxyl groups is 1. The van der Waals surface area contributed by atoms with Gasteiger partial charge in [0, 0.05) is 12.5 Å². The maximum atomic E-state index is 12.3. The Bertz CT molecular complexity index is 395. The number of H-pyrrole nitrogens is 1. The molecule has 0 aliphatic heterocycles. The van der Waals surface area contributed by atoms with Crippen molar-refractivity contribution in [1.29, 1.82) is 0 Å². The molecule has 18 heavy (non-hydrogen) atoms. The number of hydrogen-bond acceptors (Lipinski definition) is 4. The second-order valence-electron chi connectivity index (χ2n) is 4.06. The number of aromatic amines is 1. The number of carbonyl (C=O) groups is 1. The van der Waals surface area contributed by atoms with E-state index in [1.165, 1.54) is 0 Å². The molecule has 0 fully saturated rings. The van der Waals surface area contributed by atoms with Gasteiger partial charge in [0.1, 0.15) is 5.82 Å². The lowest BCUT2D eigenvalue weighted by molar-refractivity contribution is 0.0499. The maximum Gasteiger partial charge on any atom is 0.293 e. The Balaban J connectivity index is 2.80. The SMILES string of the molecule is CC(C)c1nc(C(=O)N(CCO)CC(F)F)n[nH]1. The zero-order valence-electron chi connectivity index (χ0n) is 10.2. The molecule has 102 valence electrons. The lowest BCUT2D eigenvalue weighted by atomic mass is 10.2. The van der Waals surface area contributed by atoms with Crippen LogP contribution in [0, 0.1) is 0 Å². The van der Waals surface area contributed by atoms with Gasteiger partial charge in [0.15, 0.2) is 0 Å². The zero-order valence-corrected chi connectivity index (χ0v) is 10.2. The fourth-order valence-corrected chi connectivity index (χ4v) is 1.33. The number of alkyl halides is 2. The molecule has 0 aromatic carbocycles. The van der Waals surface area contributed by atoms with Crippen LogP contribution < -0.4 is 0 Å². The molecule has 0 bridgehead atoms. The second kappa shape index (κ2) is 6.39. The molecule has 0 unspecified atom stereocenters. The molecule has 0 saturated carbocycles. The fourth-order valence-electron chi connectivity index (χ4n) is 1.33. The normalized spacial score (nSPS) is 11.3. The van der Waals surface area contributed by atoms with Crippen LogP contribution in [-0.4, -0.2) is 57.2 Å². The Hall–Kier alpha value is -1.57. The third-order valence-electron chi connectivity index (χ3n) is 2.26. The highest BCUT2D eigenvalue weighted by Crippen LogP contribution is 2.09. The van der Waals surface area contributed by atoms with Gasteiger partial charge in [0.2, 0.25) is 5.82 Å². The molecule has 1 aromatic rings. The Labute approximate surface area is 103 Å². The van der Waals surface area contributed by atoms with Gasteiger partial charge in [-0.1, -0.05) is 13.8 Å². The summed E-state index contributed by atoms with van der Waals surface area (Å²) in [4.78, 5) is 16.6. The van der Waals surface area contributed by atoms with Gasteiger partial charge in [-0.15, -0.1) is 5.10 Å². The number of aliphatic hydroxyl groups excluding tert-OH is 1. The number of amides is 1. The van der Waals surface area contributed by atoms with E-state index in [4.69, 9.17) is 5.11 Å². The van der Waals surface area contributed by atoms with Gasteiger partial charge in [-0.25, -0.2) is 13.8 Å². The maximum absolute atomic E-state index is 12.3. The highest BCUT2D eigenvalue weighted by molar-refractivity contribution is 5.90. The molecule has 0 radical (unpaired) electrons. The van der Waals surface area contributed by atoms with Gasteiger partial charge in [0.05, 0.1) is 13.2 Å². The topological polar surface area (TPSA) is 82.1 Å². The molecule has 1 heterocycles. The van der Waals surface area contributed by atoms with Crippen molar-refractivity contribution < 1.29 is 18.7 Å². The first kappa shape index (κ1) is 14.5. The van der Waals surface area contributed by atoms with Crippen LogP contribution in [0.25, 0.3) is 0 Å². The van der Waals surface area contributed by atoms with Crippen molar-refractivity contribution in [2.24, 2.45) is 0 Å². The Kier molecular flexibility index (Phi) is 5.14. The monoisotopic (exact) mass is 262 g/mol. The lowest BCUT2D eigenvalue weighted by Crippen LogP contribution is -2.37. The van der Waals surface area contributed by atoms with Crippen LogP contribution in [0.5, 0.6) is 0 Å². The first-order valence-electron chi connectivity index (χ1n) is 5.56. The third kappa shape index (κ3) is 3.73. The van der Waals surface area contributed by atoms with E-state index in [9.17, 15) is 13.6 Å². The predicted octanol–water partition coefficient (Wildman–Crippen LogP) is 0.628. The third-order valence-corrected chi connectivity index (χ3v) is 2.26. The van der Waals surface area contributed by atoms with E-state index < -0.39 is 18.9 Å². The number of hydrogen-bond donors (Lipinski definition) is 2. The fraction of sp³-hybridized carbons (Fsp3) is 0.700. The molecule has 0 atom stereocenters. The summed E-state index contributed by atoms with van der Waals surface area (Å²) in [6, 6.07) is 0. The summed E-state index contributed by atoms with van der Waals surface area (Å²) < 4.78 is 24.6. The summed E-state index contributed by atoms with van der Waals surface area (Å²) in [7, 11) is 0. The minimum absolute atomic E-state index is 0.0560. The van der Waals surface area contributed by atoms with Gasteiger partial charge in [-0.3, -0.25) is 9.89 Å². The van der Waals surface area contributed by atoms with Crippen molar-refractivity contribution in [3.63, 3.8) is 0 Å². The molecule has 1 rings (SSSR count). The molecule has 0 aliphatic carbocycles. The Morgan fingerprint density at radius 3 is 2.61 bits per heavy atom. The minimum atomic E-state index is -2.66. The number of carbonyl (C=O) groups excluding carboxylic acids is 1. The van der Waals surface area contributed by atoms with E-state index in [0.717, 1.165) is 4.90 Å². The number of nitrogens with one attached hydrogen (secondary N) is 1. The van der Waals surface area contributed by atoms with Gasteiger partial charge in [-0.05, 0) is 0 Å². The Morgan fingerprint density at radius 2 is 2.17 bits per heavy atom. The molecule has 0 aliphatic rings. The van der Waals surface area contributed by atoms with Gasteiger partial charge in [-0.2, -0.15) is 0 Å². The second-order valence-corrected chi connectivity index (χ2v) is 4.06. The van der Waals surface area contributed by atoms with E-state index in [2.05, 4.69) is 15.2 Å². The summed E-state index contributed by atoms with van der Waals surface area (Å²) in [5.74, 6) is -0.305. The van der Waals surface area contributed by atoms with Crippen LogP contribution in [0.2, 0.25) is 0 Å². The quantitative estimate of drug-likeness (QED) is 0.787. The largest absolute Gasteiger partial charge is 0.395 e. The molecule has 2 N–H and O–H groups in total. The molecule has 8 heteroatoms.